The molecule has 4 heterocycles. The van der Waals surface area contributed by atoms with E-state index in [0.717, 1.165) is 27.6 Å². The smallest absolute Gasteiger partial charge is 0.323 e. The molecule has 0 bridgehead atoms. The summed E-state index contributed by atoms with van der Waals surface area (Å²) in [7, 11) is 0. The van der Waals surface area contributed by atoms with Crippen LogP contribution in [0.25, 0.3) is 10.9 Å². The van der Waals surface area contributed by atoms with E-state index in [4.69, 9.17) is 17.3 Å². The molecule has 2 aromatic rings. The van der Waals surface area contributed by atoms with Crippen LogP contribution in [0.3, 0.4) is 0 Å². The van der Waals surface area contributed by atoms with Crippen molar-refractivity contribution in [1.29, 1.82) is 0 Å². The molecule has 0 unspecified atom stereocenters. The normalized spacial score (nSPS) is 20.8. The zero-order valence-corrected chi connectivity index (χ0v) is 25.3. The second-order valence-corrected chi connectivity index (χ2v) is 13.1. The summed E-state index contributed by atoms with van der Waals surface area (Å²) >= 11 is 6.58. The number of carbonyl (C=O) groups is 3. The molecule has 3 aliphatic heterocycles. The van der Waals surface area contributed by atoms with Crippen molar-refractivity contribution in [3.63, 3.8) is 0 Å². The Morgan fingerprint density at radius 3 is 2.67 bits per heavy atom. The zero-order chi connectivity index (χ0) is 30.2. The first-order valence-corrected chi connectivity index (χ1v) is 14.9. The van der Waals surface area contributed by atoms with Gasteiger partial charge in [0, 0.05) is 49.6 Å². The van der Waals surface area contributed by atoms with Crippen LogP contribution in [-0.4, -0.2) is 75.0 Å². The molecule has 224 valence electrons. The fraction of sp³-hybridized carbons (Fsp3) is 0.484. The number of benzene rings is 1. The van der Waals surface area contributed by atoms with E-state index in [1.54, 1.807) is 23.2 Å². The van der Waals surface area contributed by atoms with E-state index in [-0.39, 0.29) is 35.7 Å². The highest BCUT2D eigenvalue weighted by Gasteiger charge is 2.37. The molecule has 3 aliphatic rings. The van der Waals surface area contributed by atoms with E-state index in [1.165, 1.54) is 0 Å². The number of nitrogens with two attached hydrogens (primary N) is 1. The van der Waals surface area contributed by atoms with Crippen LogP contribution in [0.4, 0.5) is 4.79 Å². The first-order valence-electron chi connectivity index (χ1n) is 14.5. The number of nitrogens with zero attached hydrogens (tertiary/aromatic N) is 4. The predicted molar refractivity (Wildman–Crippen MR) is 163 cm³/mol. The maximum absolute atomic E-state index is 13.9. The van der Waals surface area contributed by atoms with Crippen LogP contribution in [0.5, 0.6) is 0 Å². The van der Waals surface area contributed by atoms with Crippen LogP contribution < -0.4 is 11.1 Å². The molecule has 0 spiro atoms. The molecule has 1 aromatic carbocycles. The Bertz CT molecular complexity index is 1460. The number of nitrogens with one attached hydrogen (secondary N) is 2. The molecular weight excluding hydrogens is 554 g/mol. The Kier molecular flexibility index (Phi) is 8.37. The van der Waals surface area contributed by atoms with Gasteiger partial charge in [0.1, 0.15) is 5.82 Å². The summed E-state index contributed by atoms with van der Waals surface area (Å²) in [5.74, 6) is -0.179. The number of piperidine rings is 1. The highest BCUT2D eigenvalue weighted by Crippen LogP contribution is 2.35. The van der Waals surface area contributed by atoms with Crippen LogP contribution in [0.15, 0.2) is 48.5 Å². The molecule has 0 aliphatic carbocycles. The van der Waals surface area contributed by atoms with Crippen molar-refractivity contribution >= 4 is 40.3 Å². The van der Waals surface area contributed by atoms with E-state index in [2.05, 4.69) is 42.9 Å². The predicted octanol–water partition coefficient (Wildman–Crippen LogP) is 4.08. The van der Waals surface area contributed by atoms with Gasteiger partial charge in [-0.05, 0) is 41.9 Å². The van der Waals surface area contributed by atoms with Crippen LogP contribution in [-0.2, 0) is 22.6 Å². The first-order chi connectivity index (χ1) is 19.9. The lowest BCUT2D eigenvalue weighted by molar-refractivity contribution is -0.142. The van der Waals surface area contributed by atoms with E-state index in [1.807, 2.05) is 21.9 Å². The number of H-pyrrole nitrogens is 1. The third-order valence-corrected chi connectivity index (χ3v) is 8.63. The largest absolute Gasteiger partial charge is 0.385 e. The summed E-state index contributed by atoms with van der Waals surface area (Å²) in [6.45, 7) is 12.5. The van der Waals surface area contributed by atoms with Gasteiger partial charge in [-0.15, -0.1) is 0 Å². The van der Waals surface area contributed by atoms with Crippen molar-refractivity contribution in [3.8, 4) is 0 Å². The van der Waals surface area contributed by atoms with Crippen molar-refractivity contribution in [2.75, 3.05) is 26.2 Å². The minimum Gasteiger partial charge on any atom is -0.385 e. The number of urea groups is 1. The Labute approximate surface area is 251 Å². The lowest BCUT2D eigenvalue weighted by atomic mass is 9.91. The summed E-state index contributed by atoms with van der Waals surface area (Å²) < 4.78 is 0. The maximum Gasteiger partial charge on any atom is 0.323 e. The third-order valence-electron chi connectivity index (χ3n) is 8.33. The van der Waals surface area contributed by atoms with Crippen molar-refractivity contribution < 1.29 is 14.4 Å². The molecular formula is C31H40ClN7O3. The number of likely N-dealkylation sites (tertiary alicyclic amines) is 1. The third kappa shape index (κ3) is 6.18. The SMILES string of the molecule is C=C/C=C\C1=C(N)NC(=O)N(C2CCN(C(=O)C[C@@H]3Cc4cc(Cl)c5[nH]ncc5c4CN(CC(C)(C)C)C3=O)CC2)C1. The number of carbonyl (C=O) groups excluding carboxylic acids is 3. The summed E-state index contributed by atoms with van der Waals surface area (Å²) in [6.07, 6.45) is 8.96. The van der Waals surface area contributed by atoms with Gasteiger partial charge in [0.05, 0.1) is 29.2 Å². The first kappa shape index (κ1) is 29.7. The molecule has 4 N–H and O–H groups in total. The van der Waals surface area contributed by atoms with Crippen molar-refractivity contribution in [3.05, 3.63) is 64.6 Å². The van der Waals surface area contributed by atoms with Gasteiger partial charge >= 0.3 is 6.03 Å². The average Bonchev–Trinajstić information content (AvgIpc) is 3.39. The summed E-state index contributed by atoms with van der Waals surface area (Å²) in [5.41, 5.74) is 9.52. The number of aromatic amines is 1. The fourth-order valence-electron chi connectivity index (χ4n) is 6.29. The van der Waals surface area contributed by atoms with E-state index in [9.17, 15) is 14.4 Å². The number of halogens is 1. The molecule has 5 rings (SSSR count). The Morgan fingerprint density at radius 1 is 1.24 bits per heavy atom. The van der Waals surface area contributed by atoms with Crippen molar-refractivity contribution in [1.82, 2.24) is 30.2 Å². The average molecular weight is 594 g/mol. The van der Waals surface area contributed by atoms with E-state index in [0.29, 0.717) is 62.8 Å². The molecule has 1 atom stereocenters. The Morgan fingerprint density at radius 2 is 1.98 bits per heavy atom. The minimum atomic E-state index is -0.487. The molecule has 10 nitrogen and oxygen atoms in total. The van der Waals surface area contributed by atoms with Crippen LogP contribution in [0.2, 0.25) is 5.02 Å². The standard InChI is InChI=1S/C31H40ClN7O3/c1-5-6-7-19-16-39(30(42)35-28(19)33)22-8-10-37(11-9-22)26(40)14-21-12-20-13-25(32)27-23(15-34-36-27)24(20)17-38(29(21)41)18-31(2,3)4/h5-7,13,15,21-22H,1,8-12,14,16-18,33H2,2-4H3,(H,34,36)(H,35,42)/b7-6-/t21-/m0/s1. The van der Waals surface area contributed by atoms with Gasteiger partial charge < -0.3 is 20.4 Å². The van der Waals surface area contributed by atoms with Crippen molar-refractivity contribution in [2.45, 2.75) is 59.0 Å². The highest BCUT2D eigenvalue weighted by atomic mass is 35.5. The fourth-order valence-corrected chi connectivity index (χ4v) is 6.57. The lowest BCUT2D eigenvalue weighted by Crippen LogP contribution is -2.55. The summed E-state index contributed by atoms with van der Waals surface area (Å²) in [4.78, 5) is 45.7. The summed E-state index contributed by atoms with van der Waals surface area (Å²) in [6, 6.07) is 1.68. The van der Waals surface area contributed by atoms with Crippen LogP contribution in [0.1, 0.15) is 51.2 Å². The Hall–Kier alpha value is -3.79. The number of fused-ring (bicyclic) bond motifs is 3. The number of aromatic nitrogens is 2. The van der Waals surface area contributed by atoms with Gasteiger partial charge in [0.2, 0.25) is 11.8 Å². The van der Waals surface area contributed by atoms with Gasteiger partial charge in [-0.3, -0.25) is 20.0 Å². The number of hydrogen-bond donors (Lipinski definition) is 3. The molecule has 0 radical (unpaired) electrons. The Balaban J connectivity index is 1.29. The summed E-state index contributed by atoms with van der Waals surface area (Å²) in [5, 5.41) is 11.4. The second kappa shape index (κ2) is 11.8. The van der Waals surface area contributed by atoms with Gasteiger partial charge in [0.15, 0.2) is 0 Å². The lowest BCUT2D eigenvalue weighted by Gasteiger charge is -2.40. The van der Waals surface area contributed by atoms with Gasteiger partial charge in [0.25, 0.3) is 0 Å². The molecule has 11 heteroatoms. The molecule has 1 fully saturated rings. The monoisotopic (exact) mass is 593 g/mol. The van der Waals surface area contributed by atoms with Gasteiger partial charge in [-0.1, -0.05) is 57.2 Å². The number of amides is 4. The molecule has 42 heavy (non-hydrogen) atoms. The quantitative estimate of drug-likeness (QED) is 0.435. The minimum absolute atomic E-state index is 0.00778. The highest BCUT2D eigenvalue weighted by molar-refractivity contribution is 6.35. The van der Waals surface area contributed by atoms with Crippen LogP contribution in [0, 0.1) is 11.3 Å². The topological polar surface area (TPSA) is 128 Å². The number of rotatable bonds is 6. The number of hydrogen-bond acceptors (Lipinski definition) is 5. The van der Waals surface area contributed by atoms with Crippen LogP contribution >= 0.6 is 11.6 Å². The van der Waals surface area contributed by atoms with Gasteiger partial charge in [-0.2, -0.15) is 5.10 Å². The zero-order valence-electron chi connectivity index (χ0n) is 24.6. The van der Waals surface area contributed by atoms with Gasteiger partial charge in [-0.25, -0.2) is 4.79 Å². The number of allylic oxidation sites excluding steroid dienone is 2. The van der Waals surface area contributed by atoms with Crippen molar-refractivity contribution in [2.24, 2.45) is 17.1 Å². The van der Waals surface area contributed by atoms with E-state index < -0.39 is 5.92 Å². The maximum atomic E-state index is 13.9. The molecule has 4 amide bonds. The van der Waals surface area contributed by atoms with E-state index >= 15 is 0 Å². The molecule has 1 aromatic heterocycles. The molecule has 0 saturated carbocycles. The second-order valence-electron chi connectivity index (χ2n) is 12.7. The molecule has 1 saturated heterocycles.